The Kier molecular flexibility index (Phi) is 4.39. The number of anilines is 2. The fourth-order valence-electron chi connectivity index (χ4n) is 1.53. The Morgan fingerprint density at radius 3 is 2.67 bits per heavy atom. The van der Waals surface area contributed by atoms with E-state index in [2.05, 4.69) is 25.6 Å². The Morgan fingerprint density at radius 2 is 2.05 bits per heavy atom. The molecule has 0 aliphatic carbocycles. The second-order valence-electron chi connectivity index (χ2n) is 3.88. The van der Waals surface area contributed by atoms with E-state index in [0.29, 0.717) is 5.69 Å². The SMILES string of the molecule is COC(=O)c1cc(NC(=O)Nc2cn[nH]c2)cc(Cl)c1F. The summed E-state index contributed by atoms with van der Waals surface area (Å²) in [6.07, 6.45) is 2.87. The highest BCUT2D eigenvalue weighted by Gasteiger charge is 2.17. The number of amides is 2. The summed E-state index contributed by atoms with van der Waals surface area (Å²) in [5, 5.41) is 10.8. The van der Waals surface area contributed by atoms with Crippen molar-refractivity contribution in [2.24, 2.45) is 0 Å². The third kappa shape index (κ3) is 3.48. The predicted octanol–water partition coefficient (Wildman–Crippen LogP) is 2.63. The molecule has 0 saturated carbocycles. The minimum Gasteiger partial charge on any atom is -0.465 e. The molecule has 0 aliphatic rings. The molecule has 9 heteroatoms. The maximum atomic E-state index is 13.7. The molecule has 1 aromatic heterocycles. The number of rotatable bonds is 3. The summed E-state index contributed by atoms with van der Waals surface area (Å²) in [6.45, 7) is 0. The van der Waals surface area contributed by atoms with E-state index in [0.717, 1.165) is 13.2 Å². The molecule has 0 bridgehead atoms. The van der Waals surface area contributed by atoms with Crippen LogP contribution in [0.5, 0.6) is 0 Å². The van der Waals surface area contributed by atoms with Crippen LogP contribution < -0.4 is 10.6 Å². The lowest BCUT2D eigenvalue weighted by atomic mass is 10.2. The molecule has 1 heterocycles. The quantitative estimate of drug-likeness (QED) is 0.759. The van der Waals surface area contributed by atoms with Crippen LogP contribution in [0.25, 0.3) is 0 Å². The highest BCUT2D eigenvalue weighted by atomic mass is 35.5. The molecule has 0 atom stereocenters. The molecule has 1 aromatic carbocycles. The normalized spacial score (nSPS) is 10.0. The fourth-order valence-corrected chi connectivity index (χ4v) is 1.75. The second kappa shape index (κ2) is 6.23. The summed E-state index contributed by atoms with van der Waals surface area (Å²) in [6, 6.07) is 1.70. The molecule has 2 amide bonds. The number of aromatic nitrogens is 2. The van der Waals surface area contributed by atoms with Crippen LogP contribution in [0.4, 0.5) is 20.6 Å². The van der Waals surface area contributed by atoms with Crippen LogP contribution in [0, 0.1) is 5.82 Å². The zero-order valence-corrected chi connectivity index (χ0v) is 11.5. The summed E-state index contributed by atoms with van der Waals surface area (Å²) < 4.78 is 18.1. The maximum Gasteiger partial charge on any atom is 0.340 e. The number of benzene rings is 1. The number of ether oxygens (including phenoxy) is 1. The number of halogens is 2. The van der Waals surface area contributed by atoms with Gasteiger partial charge < -0.3 is 15.4 Å². The van der Waals surface area contributed by atoms with Gasteiger partial charge in [0, 0.05) is 11.9 Å². The van der Waals surface area contributed by atoms with E-state index >= 15 is 0 Å². The van der Waals surface area contributed by atoms with Gasteiger partial charge in [-0.2, -0.15) is 5.10 Å². The lowest BCUT2D eigenvalue weighted by Crippen LogP contribution is -2.19. The molecular weight excluding hydrogens is 303 g/mol. The van der Waals surface area contributed by atoms with Crippen molar-refractivity contribution in [1.82, 2.24) is 10.2 Å². The Hall–Kier alpha value is -2.61. The van der Waals surface area contributed by atoms with Gasteiger partial charge in [0.25, 0.3) is 0 Å². The van der Waals surface area contributed by atoms with Crippen molar-refractivity contribution < 1.29 is 18.7 Å². The van der Waals surface area contributed by atoms with Gasteiger partial charge in [-0.25, -0.2) is 14.0 Å². The first kappa shape index (κ1) is 14.8. The number of hydrogen-bond donors (Lipinski definition) is 3. The van der Waals surface area contributed by atoms with Crippen molar-refractivity contribution in [3.05, 3.63) is 40.9 Å². The largest absolute Gasteiger partial charge is 0.465 e. The first-order valence-corrected chi connectivity index (χ1v) is 6.03. The van der Waals surface area contributed by atoms with Crippen molar-refractivity contribution in [3.8, 4) is 0 Å². The first-order chi connectivity index (χ1) is 10.0. The third-order valence-corrected chi connectivity index (χ3v) is 2.72. The molecular formula is C12H10ClFN4O3. The number of nitrogens with zero attached hydrogens (tertiary/aromatic N) is 1. The zero-order chi connectivity index (χ0) is 15.4. The molecule has 3 N–H and O–H groups in total. The van der Waals surface area contributed by atoms with Gasteiger partial charge in [-0.15, -0.1) is 0 Å². The van der Waals surface area contributed by atoms with E-state index in [1.54, 1.807) is 0 Å². The molecule has 0 spiro atoms. The molecule has 2 rings (SSSR count). The monoisotopic (exact) mass is 312 g/mol. The van der Waals surface area contributed by atoms with E-state index in [-0.39, 0.29) is 16.3 Å². The molecule has 21 heavy (non-hydrogen) atoms. The Labute approximate surface area is 123 Å². The van der Waals surface area contributed by atoms with E-state index in [1.807, 2.05) is 0 Å². The Morgan fingerprint density at radius 1 is 1.33 bits per heavy atom. The van der Waals surface area contributed by atoms with Crippen LogP contribution in [0.2, 0.25) is 5.02 Å². The van der Waals surface area contributed by atoms with Crippen molar-refractivity contribution in [3.63, 3.8) is 0 Å². The molecule has 0 aliphatic heterocycles. The summed E-state index contributed by atoms with van der Waals surface area (Å²) in [5.41, 5.74) is 0.209. The van der Waals surface area contributed by atoms with Gasteiger partial charge in [0.1, 0.15) is 0 Å². The van der Waals surface area contributed by atoms with Crippen LogP contribution in [-0.4, -0.2) is 29.3 Å². The minimum atomic E-state index is -0.913. The van der Waals surface area contributed by atoms with Gasteiger partial charge in [-0.1, -0.05) is 11.6 Å². The number of methoxy groups -OCH3 is 1. The zero-order valence-electron chi connectivity index (χ0n) is 10.7. The van der Waals surface area contributed by atoms with E-state index < -0.39 is 17.8 Å². The highest BCUT2D eigenvalue weighted by Crippen LogP contribution is 2.24. The average Bonchev–Trinajstić information content (AvgIpc) is 2.94. The number of H-pyrrole nitrogens is 1. The fraction of sp³-hybridized carbons (Fsp3) is 0.0833. The second-order valence-corrected chi connectivity index (χ2v) is 4.28. The van der Waals surface area contributed by atoms with Crippen LogP contribution >= 0.6 is 11.6 Å². The van der Waals surface area contributed by atoms with E-state index in [4.69, 9.17) is 11.6 Å². The predicted molar refractivity (Wildman–Crippen MR) is 74.0 cm³/mol. The number of esters is 1. The van der Waals surface area contributed by atoms with Crippen LogP contribution in [0.3, 0.4) is 0 Å². The first-order valence-electron chi connectivity index (χ1n) is 5.65. The van der Waals surface area contributed by atoms with Gasteiger partial charge in [-0.05, 0) is 12.1 Å². The van der Waals surface area contributed by atoms with Gasteiger partial charge >= 0.3 is 12.0 Å². The summed E-state index contributed by atoms with van der Waals surface area (Å²) in [7, 11) is 1.11. The topological polar surface area (TPSA) is 96.1 Å². The average molecular weight is 313 g/mol. The summed E-state index contributed by atoms with van der Waals surface area (Å²) in [4.78, 5) is 23.1. The van der Waals surface area contributed by atoms with Crippen LogP contribution in [0.15, 0.2) is 24.5 Å². The molecule has 0 fully saturated rings. The number of carbonyl (C=O) groups excluding carboxylic acids is 2. The number of aromatic amines is 1. The smallest absolute Gasteiger partial charge is 0.340 e. The van der Waals surface area contributed by atoms with Gasteiger partial charge in [0.05, 0.1) is 29.6 Å². The van der Waals surface area contributed by atoms with Crippen molar-refractivity contribution in [2.75, 3.05) is 17.7 Å². The van der Waals surface area contributed by atoms with Crippen LogP contribution in [-0.2, 0) is 4.74 Å². The van der Waals surface area contributed by atoms with Gasteiger partial charge in [0.15, 0.2) is 5.82 Å². The Bertz CT molecular complexity index is 675. The van der Waals surface area contributed by atoms with Crippen molar-refractivity contribution in [2.45, 2.75) is 0 Å². The molecule has 2 aromatic rings. The lowest BCUT2D eigenvalue weighted by molar-refractivity contribution is 0.0595. The summed E-state index contributed by atoms with van der Waals surface area (Å²) in [5.74, 6) is -1.81. The molecule has 0 saturated heterocycles. The number of carbonyl (C=O) groups is 2. The number of hydrogen-bond acceptors (Lipinski definition) is 4. The van der Waals surface area contributed by atoms with E-state index in [9.17, 15) is 14.0 Å². The molecule has 7 nitrogen and oxygen atoms in total. The lowest BCUT2D eigenvalue weighted by Gasteiger charge is -2.09. The minimum absolute atomic E-state index is 0.141. The Balaban J connectivity index is 2.18. The summed E-state index contributed by atoms with van der Waals surface area (Å²) >= 11 is 5.68. The number of nitrogens with one attached hydrogen (secondary N) is 3. The molecule has 110 valence electrons. The van der Waals surface area contributed by atoms with Crippen molar-refractivity contribution >= 4 is 35.0 Å². The third-order valence-electron chi connectivity index (χ3n) is 2.45. The van der Waals surface area contributed by atoms with E-state index in [1.165, 1.54) is 18.5 Å². The number of urea groups is 1. The van der Waals surface area contributed by atoms with Crippen molar-refractivity contribution in [1.29, 1.82) is 0 Å². The van der Waals surface area contributed by atoms with Gasteiger partial charge in [0.2, 0.25) is 0 Å². The standard InChI is InChI=1S/C12H10ClFN4O3/c1-21-11(19)8-2-6(3-9(13)10(8)14)17-12(20)18-7-4-15-16-5-7/h2-5H,1H3,(H,15,16)(H2,17,18,20). The molecule has 0 radical (unpaired) electrons. The molecule has 0 unspecified atom stereocenters. The van der Waals surface area contributed by atoms with Gasteiger partial charge in [-0.3, -0.25) is 5.10 Å². The maximum absolute atomic E-state index is 13.7. The highest BCUT2D eigenvalue weighted by molar-refractivity contribution is 6.31. The van der Waals surface area contributed by atoms with Crippen LogP contribution in [0.1, 0.15) is 10.4 Å².